The maximum Gasteiger partial charge on any atom is 0.238 e. The van der Waals surface area contributed by atoms with Gasteiger partial charge in [-0.2, -0.15) is 9.97 Å². The molecule has 6 heteroatoms. The van der Waals surface area contributed by atoms with Gasteiger partial charge < -0.3 is 9.13 Å². The molecule has 8 aromatic carbocycles. The molecule has 12 rings (SSSR count). The average Bonchev–Trinajstić information content (AvgIpc) is 3.93. The molecule has 57 heavy (non-hydrogen) atoms. The van der Waals surface area contributed by atoms with E-state index in [-0.39, 0.29) is 0 Å². The molecule has 0 bridgehead atoms. The third-order valence-electron chi connectivity index (χ3n) is 11.3. The summed E-state index contributed by atoms with van der Waals surface area (Å²) in [6, 6.07) is 68.3. The van der Waals surface area contributed by atoms with Crippen molar-refractivity contribution < 1.29 is 0 Å². The molecule has 0 fully saturated rings. The van der Waals surface area contributed by atoms with Crippen LogP contribution in [0.3, 0.4) is 0 Å². The number of rotatable bonds is 5. The minimum absolute atomic E-state index is 0.573. The predicted molar refractivity (Wildman–Crippen MR) is 234 cm³/mol. The monoisotopic (exact) mass is 728 g/mol. The van der Waals surface area contributed by atoms with Crippen molar-refractivity contribution >= 4 is 65.4 Å². The maximum atomic E-state index is 5.28. The number of fused-ring (bicyclic) bond motifs is 11. The highest BCUT2D eigenvalue weighted by molar-refractivity contribution is 6.32. The Morgan fingerprint density at radius 3 is 1.33 bits per heavy atom. The van der Waals surface area contributed by atoms with Crippen molar-refractivity contribution in [2.24, 2.45) is 0 Å². The topological polar surface area (TPSA) is 53.5 Å². The molecule has 4 aromatic heterocycles. The second kappa shape index (κ2) is 12.3. The van der Waals surface area contributed by atoms with E-state index in [2.05, 4.69) is 171 Å². The highest BCUT2D eigenvalue weighted by Gasteiger charge is 2.26. The zero-order valence-corrected chi connectivity index (χ0v) is 30.7. The Morgan fingerprint density at radius 2 is 0.719 bits per heavy atom. The van der Waals surface area contributed by atoms with Gasteiger partial charge in [0.1, 0.15) is 0 Å². The van der Waals surface area contributed by atoms with E-state index < -0.39 is 0 Å². The van der Waals surface area contributed by atoms with E-state index in [0.29, 0.717) is 17.6 Å². The van der Waals surface area contributed by atoms with E-state index in [1.165, 1.54) is 16.3 Å². The summed E-state index contributed by atoms with van der Waals surface area (Å²) in [5.74, 6) is 1.82. The predicted octanol–water partition coefficient (Wildman–Crippen LogP) is 12.5. The van der Waals surface area contributed by atoms with Crippen LogP contribution >= 0.6 is 0 Å². The first-order valence-electron chi connectivity index (χ1n) is 19.2. The summed E-state index contributed by atoms with van der Waals surface area (Å²) in [6.45, 7) is 0. The Labute approximate surface area is 327 Å². The van der Waals surface area contributed by atoms with E-state index in [1.54, 1.807) is 0 Å². The lowest BCUT2D eigenvalue weighted by molar-refractivity contribution is 0.955. The summed E-state index contributed by atoms with van der Waals surface area (Å²) < 4.78 is 7.11. The van der Waals surface area contributed by atoms with Gasteiger partial charge in [0.25, 0.3) is 0 Å². The molecule has 0 atom stereocenters. The summed E-state index contributed by atoms with van der Waals surface area (Å²) in [5, 5.41) is 6.99. The minimum atomic E-state index is 0.573. The van der Waals surface area contributed by atoms with Crippen LogP contribution in [0.5, 0.6) is 0 Å². The molecule has 0 aliphatic carbocycles. The third kappa shape index (κ3) is 4.68. The first-order valence-corrected chi connectivity index (χ1v) is 19.2. The molecule has 6 nitrogen and oxygen atoms in total. The molecule has 0 amide bonds. The largest absolute Gasteiger partial charge is 0.309 e. The molecule has 0 N–H and O–H groups in total. The fraction of sp³-hybridized carbons (Fsp3) is 0. The highest BCUT2D eigenvalue weighted by atomic mass is 15.2. The molecular formula is C51H32N6. The van der Waals surface area contributed by atoms with Gasteiger partial charge >= 0.3 is 0 Å². The summed E-state index contributed by atoms with van der Waals surface area (Å²) in [5.41, 5.74) is 10.8. The van der Waals surface area contributed by atoms with Crippen LogP contribution in [-0.2, 0) is 0 Å². The second-order valence-corrected chi connectivity index (χ2v) is 14.4. The van der Waals surface area contributed by atoms with Gasteiger partial charge in [-0.05, 0) is 54.6 Å². The summed E-state index contributed by atoms with van der Waals surface area (Å²) >= 11 is 0. The molecule has 0 radical (unpaired) electrons. The van der Waals surface area contributed by atoms with Gasteiger partial charge in [-0.3, -0.25) is 4.57 Å². The molecule has 4 heterocycles. The molecular weight excluding hydrogens is 697 g/mol. The molecule has 0 saturated heterocycles. The van der Waals surface area contributed by atoms with Crippen molar-refractivity contribution in [3.8, 4) is 40.1 Å². The Balaban J connectivity index is 1.28. The van der Waals surface area contributed by atoms with Crippen LogP contribution in [0.25, 0.3) is 106 Å². The van der Waals surface area contributed by atoms with Crippen LogP contribution in [0, 0.1) is 0 Å². The Bertz CT molecular complexity index is 3430. The van der Waals surface area contributed by atoms with Crippen molar-refractivity contribution in [1.82, 2.24) is 28.7 Å². The van der Waals surface area contributed by atoms with Gasteiger partial charge in [0, 0.05) is 54.8 Å². The summed E-state index contributed by atoms with van der Waals surface area (Å²) in [4.78, 5) is 15.6. The van der Waals surface area contributed by atoms with E-state index in [1.807, 2.05) is 36.4 Å². The second-order valence-electron chi connectivity index (χ2n) is 14.4. The molecule has 0 aliphatic heterocycles. The molecule has 0 aliphatic rings. The van der Waals surface area contributed by atoms with Crippen LogP contribution in [-0.4, -0.2) is 28.7 Å². The summed E-state index contributed by atoms with van der Waals surface area (Å²) in [7, 11) is 0. The first-order chi connectivity index (χ1) is 28.3. The van der Waals surface area contributed by atoms with Gasteiger partial charge in [0.05, 0.1) is 33.1 Å². The van der Waals surface area contributed by atoms with Crippen LogP contribution in [0.15, 0.2) is 194 Å². The van der Waals surface area contributed by atoms with E-state index in [0.717, 1.165) is 71.6 Å². The zero-order valence-electron chi connectivity index (χ0n) is 30.7. The quantitative estimate of drug-likeness (QED) is 0.177. The Morgan fingerprint density at radius 1 is 0.281 bits per heavy atom. The van der Waals surface area contributed by atoms with Gasteiger partial charge in [-0.1, -0.05) is 140 Å². The van der Waals surface area contributed by atoms with Gasteiger partial charge in [-0.15, -0.1) is 0 Å². The lowest BCUT2D eigenvalue weighted by atomic mass is 10.1. The molecule has 0 spiro atoms. The van der Waals surface area contributed by atoms with Gasteiger partial charge in [0.2, 0.25) is 5.95 Å². The smallest absolute Gasteiger partial charge is 0.238 e. The molecule has 0 unspecified atom stereocenters. The number of benzene rings is 8. The molecule has 266 valence electrons. The van der Waals surface area contributed by atoms with Crippen molar-refractivity contribution in [2.75, 3.05) is 0 Å². The van der Waals surface area contributed by atoms with E-state index >= 15 is 0 Å². The number of nitrogens with zero attached hydrogens (tertiary/aromatic N) is 6. The fourth-order valence-corrected chi connectivity index (χ4v) is 8.90. The van der Waals surface area contributed by atoms with Crippen molar-refractivity contribution in [2.45, 2.75) is 0 Å². The van der Waals surface area contributed by atoms with Crippen molar-refractivity contribution in [3.05, 3.63) is 194 Å². The van der Waals surface area contributed by atoms with E-state index in [9.17, 15) is 0 Å². The maximum absolute atomic E-state index is 5.28. The van der Waals surface area contributed by atoms with Crippen LogP contribution < -0.4 is 0 Å². The minimum Gasteiger partial charge on any atom is -0.309 e. The Kier molecular flexibility index (Phi) is 6.83. The molecule has 0 saturated carbocycles. The normalized spacial score (nSPS) is 11.9. The summed E-state index contributed by atoms with van der Waals surface area (Å²) in [6.07, 6.45) is 0. The fourth-order valence-electron chi connectivity index (χ4n) is 8.90. The van der Waals surface area contributed by atoms with Gasteiger partial charge in [-0.25, -0.2) is 4.98 Å². The van der Waals surface area contributed by atoms with Crippen molar-refractivity contribution in [1.29, 1.82) is 0 Å². The first kappa shape index (κ1) is 31.5. The number of hydrogen-bond donors (Lipinski definition) is 0. The SMILES string of the molecule is c1ccc(-c2nc(-c3ccccc3)nc(-n3c4ccccc4c4ccc5c(c6ccc7c(c8ccccc8n7-c7ccccc7)c6n5-c5ccccc5)c43)n2)cc1. The molecule has 12 aromatic rings. The average molecular weight is 729 g/mol. The van der Waals surface area contributed by atoms with Crippen molar-refractivity contribution in [3.63, 3.8) is 0 Å². The standard InChI is InChI=1S/C51H32N6/c1-5-17-33(18-6-1)49-52-50(34-19-7-2-8-20-34)54-51(53-49)57-41-27-15-13-25-37(41)38-29-31-44-46(47(38)57)40-30-32-43-45(48(40)56(44)36-23-11-4-12-24-36)39-26-14-16-28-42(39)55(43)35-21-9-3-10-22-35/h1-32H. The lowest BCUT2D eigenvalue weighted by Gasteiger charge is -2.11. The lowest BCUT2D eigenvalue weighted by Crippen LogP contribution is -2.06. The highest BCUT2D eigenvalue weighted by Crippen LogP contribution is 2.46. The third-order valence-corrected chi connectivity index (χ3v) is 11.3. The number of para-hydroxylation sites is 4. The van der Waals surface area contributed by atoms with Crippen LogP contribution in [0.1, 0.15) is 0 Å². The zero-order chi connectivity index (χ0) is 37.5. The number of hydrogen-bond acceptors (Lipinski definition) is 3. The van der Waals surface area contributed by atoms with Crippen LogP contribution in [0.4, 0.5) is 0 Å². The number of aromatic nitrogens is 6. The van der Waals surface area contributed by atoms with Gasteiger partial charge in [0.15, 0.2) is 11.6 Å². The Hall–Kier alpha value is -7.83. The van der Waals surface area contributed by atoms with Crippen LogP contribution in [0.2, 0.25) is 0 Å². The van der Waals surface area contributed by atoms with E-state index in [4.69, 9.17) is 15.0 Å².